The van der Waals surface area contributed by atoms with Gasteiger partial charge in [0.15, 0.2) is 0 Å². The van der Waals surface area contributed by atoms with Crippen molar-refractivity contribution >= 4 is 10.0 Å². The molecule has 118 valence electrons. The number of aliphatic hydroxyl groups is 1. The zero-order valence-corrected chi connectivity index (χ0v) is 12.6. The molecule has 1 aromatic carbocycles. The second-order valence-corrected chi connectivity index (χ2v) is 7.40. The first-order valence-corrected chi connectivity index (χ1v) is 8.52. The first-order chi connectivity index (χ1) is 9.79. The lowest BCUT2D eigenvalue weighted by atomic mass is 10.1. The molecule has 0 radical (unpaired) electrons. The second kappa shape index (κ2) is 6.37. The van der Waals surface area contributed by atoms with E-state index in [0.717, 1.165) is 18.6 Å². The van der Waals surface area contributed by atoms with Crippen LogP contribution in [0, 0.1) is 11.6 Å². The van der Waals surface area contributed by atoms with E-state index in [4.69, 9.17) is 0 Å². The van der Waals surface area contributed by atoms with Crippen molar-refractivity contribution in [1.29, 1.82) is 0 Å². The highest BCUT2D eigenvalue weighted by molar-refractivity contribution is 7.88. The van der Waals surface area contributed by atoms with Gasteiger partial charge in [-0.1, -0.05) is 6.07 Å². The quantitative estimate of drug-likeness (QED) is 0.903. The van der Waals surface area contributed by atoms with Gasteiger partial charge in [-0.3, -0.25) is 0 Å². The Morgan fingerprint density at radius 2 is 2.14 bits per heavy atom. The van der Waals surface area contributed by atoms with Crippen molar-refractivity contribution < 1.29 is 22.3 Å². The van der Waals surface area contributed by atoms with Gasteiger partial charge in [-0.05, 0) is 32.3 Å². The molecule has 1 aliphatic heterocycles. The van der Waals surface area contributed by atoms with Crippen molar-refractivity contribution in [1.82, 2.24) is 4.31 Å². The molecule has 1 heterocycles. The molecule has 0 aromatic heterocycles. The molecule has 0 spiro atoms. The maximum Gasteiger partial charge on any atom is 0.218 e. The van der Waals surface area contributed by atoms with Crippen molar-refractivity contribution in [2.45, 2.75) is 44.1 Å². The molecular weight excluding hydrogens is 300 g/mol. The Balaban J connectivity index is 2.17. The number of halogens is 2. The van der Waals surface area contributed by atoms with E-state index in [1.807, 2.05) is 0 Å². The summed E-state index contributed by atoms with van der Waals surface area (Å²) < 4.78 is 52.6. The van der Waals surface area contributed by atoms with Gasteiger partial charge in [-0.25, -0.2) is 17.2 Å². The highest BCUT2D eigenvalue weighted by Crippen LogP contribution is 2.27. The van der Waals surface area contributed by atoms with Crippen LogP contribution in [-0.4, -0.2) is 36.5 Å². The number of hydrogen-bond donors (Lipinski definition) is 1. The Morgan fingerprint density at radius 3 is 2.76 bits per heavy atom. The van der Waals surface area contributed by atoms with Gasteiger partial charge in [0, 0.05) is 24.2 Å². The summed E-state index contributed by atoms with van der Waals surface area (Å²) in [5, 5.41) is 9.44. The van der Waals surface area contributed by atoms with E-state index in [0.29, 0.717) is 25.5 Å². The van der Waals surface area contributed by atoms with Crippen LogP contribution in [0.5, 0.6) is 0 Å². The van der Waals surface area contributed by atoms with Crippen molar-refractivity contribution in [3.05, 3.63) is 35.4 Å². The van der Waals surface area contributed by atoms with E-state index in [-0.39, 0.29) is 11.6 Å². The van der Waals surface area contributed by atoms with Crippen LogP contribution >= 0.6 is 0 Å². The maximum absolute atomic E-state index is 13.6. The zero-order valence-electron chi connectivity index (χ0n) is 11.8. The summed E-state index contributed by atoms with van der Waals surface area (Å²) in [6.45, 7) is 1.99. The van der Waals surface area contributed by atoms with E-state index >= 15 is 0 Å². The average Bonchev–Trinajstić information content (AvgIpc) is 2.81. The fourth-order valence-corrected chi connectivity index (χ4v) is 4.57. The van der Waals surface area contributed by atoms with Gasteiger partial charge >= 0.3 is 0 Å². The number of aliphatic hydroxyl groups excluding tert-OH is 1. The van der Waals surface area contributed by atoms with E-state index < -0.39 is 33.5 Å². The first kappa shape index (κ1) is 16.3. The summed E-state index contributed by atoms with van der Waals surface area (Å²) in [5.41, 5.74) is -0.0425. The molecule has 2 atom stereocenters. The molecule has 1 aromatic rings. The third-order valence-electron chi connectivity index (χ3n) is 3.65. The third-order valence-corrected chi connectivity index (χ3v) is 5.52. The van der Waals surface area contributed by atoms with Crippen LogP contribution in [0.4, 0.5) is 8.78 Å². The van der Waals surface area contributed by atoms with Gasteiger partial charge in [-0.15, -0.1) is 0 Å². The number of hydrogen-bond acceptors (Lipinski definition) is 3. The van der Waals surface area contributed by atoms with E-state index in [9.17, 15) is 22.3 Å². The Bertz CT molecular complexity index is 604. The van der Waals surface area contributed by atoms with Crippen LogP contribution in [-0.2, 0) is 15.8 Å². The lowest BCUT2D eigenvalue weighted by Crippen LogP contribution is -2.38. The normalized spacial score (nSPS) is 21.6. The highest BCUT2D eigenvalue weighted by Gasteiger charge is 2.35. The topological polar surface area (TPSA) is 57.6 Å². The molecule has 21 heavy (non-hydrogen) atoms. The summed E-state index contributed by atoms with van der Waals surface area (Å²) >= 11 is 0. The van der Waals surface area contributed by atoms with Gasteiger partial charge in [0.05, 0.1) is 11.9 Å². The van der Waals surface area contributed by atoms with Crippen LogP contribution in [0.3, 0.4) is 0 Å². The predicted molar refractivity (Wildman–Crippen MR) is 75.0 cm³/mol. The number of sulfonamides is 1. The average molecular weight is 319 g/mol. The molecule has 0 bridgehead atoms. The van der Waals surface area contributed by atoms with Crippen molar-refractivity contribution in [2.75, 3.05) is 6.54 Å². The lowest BCUT2D eigenvalue weighted by Gasteiger charge is -2.25. The molecule has 4 nitrogen and oxygen atoms in total. The van der Waals surface area contributed by atoms with Crippen molar-refractivity contribution in [3.63, 3.8) is 0 Å². The summed E-state index contributed by atoms with van der Waals surface area (Å²) in [4.78, 5) is 0. The fraction of sp³-hybridized carbons (Fsp3) is 0.571. The third kappa shape index (κ3) is 3.99. The summed E-state index contributed by atoms with van der Waals surface area (Å²) in [6, 6.07) is 2.63. The van der Waals surface area contributed by atoms with E-state index in [1.165, 1.54) is 4.31 Å². The van der Waals surface area contributed by atoms with Crippen LogP contribution in [0.1, 0.15) is 31.7 Å². The molecule has 1 N–H and O–H groups in total. The molecule has 0 aliphatic carbocycles. The standard InChI is InChI=1S/C14H19F2NO3S/c1-10(18)7-13-3-2-6-17(13)21(19,20)9-11-4-5-12(15)8-14(11)16/h4-5,8,10,13,18H,2-3,6-7,9H2,1H3. The molecule has 1 aliphatic rings. The van der Waals surface area contributed by atoms with E-state index in [1.54, 1.807) is 6.92 Å². The summed E-state index contributed by atoms with van der Waals surface area (Å²) in [6.07, 6.45) is 1.19. The fourth-order valence-electron chi connectivity index (χ4n) is 2.72. The smallest absolute Gasteiger partial charge is 0.218 e. The molecule has 1 fully saturated rings. The number of benzene rings is 1. The highest BCUT2D eigenvalue weighted by atomic mass is 32.2. The van der Waals surface area contributed by atoms with Crippen molar-refractivity contribution in [3.8, 4) is 0 Å². The Kier molecular flexibility index (Phi) is 4.95. The van der Waals surface area contributed by atoms with Crippen LogP contribution in [0.2, 0.25) is 0 Å². The van der Waals surface area contributed by atoms with Gasteiger partial charge in [-0.2, -0.15) is 4.31 Å². The predicted octanol–water partition coefficient (Wildman–Crippen LogP) is 2.03. The molecule has 7 heteroatoms. The van der Waals surface area contributed by atoms with Gasteiger partial charge < -0.3 is 5.11 Å². The van der Waals surface area contributed by atoms with Crippen LogP contribution in [0.15, 0.2) is 18.2 Å². The summed E-state index contributed by atoms with van der Waals surface area (Å²) in [5.74, 6) is -2.08. The molecule has 0 saturated carbocycles. The number of rotatable bonds is 5. The van der Waals surface area contributed by atoms with Gasteiger partial charge in [0.2, 0.25) is 10.0 Å². The minimum absolute atomic E-state index is 0.0425. The Hall–Kier alpha value is -1.05. The maximum atomic E-state index is 13.6. The van der Waals surface area contributed by atoms with Gasteiger partial charge in [0.1, 0.15) is 11.6 Å². The minimum Gasteiger partial charge on any atom is -0.393 e. The number of nitrogens with zero attached hydrogens (tertiary/aromatic N) is 1. The minimum atomic E-state index is -3.68. The Morgan fingerprint density at radius 1 is 1.43 bits per heavy atom. The molecule has 2 unspecified atom stereocenters. The Labute approximate surface area is 123 Å². The molecule has 1 saturated heterocycles. The summed E-state index contributed by atoms with van der Waals surface area (Å²) in [7, 11) is -3.68. The monoisotopic (exact) mass is 319 g/mol. The lowest BCUT2D eigenvalue weighted by molar-refractivity contribution is 0.158. The second-order valence-electron chi connectivity index (χ2n) is 5.48. The largest absolute Gasteiger partial charge is 0.393 e. The SMILES string of the molecule is CC(O)CC1CCCN1S(=O)(=O)Cc1ccc(F)cc1F. The molecule has 0 amide bonds. The van der Waals surface area contributed by atoms with Crippen molar-refractivity contribution in [2.24, 2.45) is 0 Å². The zero-order chi connectivity index (χ0) is 15.6. The van der Waals surface area contributed by atoms with E-state index in [2.05, 4.69) is 0 Å². The van der Waals surface area contributed by atoms with Crippen LogP contribution < -0.4 is 0 Å². The molecular formula is C14H19F2NO3S. The first-order valence-electron chi connectivity index (χ1n) is 6.91. The molecule has 2 rings (SSSR count). The van der Waals surface area contributed by atoms with Crippen LogP contribution in [0.25, 0.3) is 0 Å². The van der Waals surface area contributed by atoms with Gasteiger partial charge in [0.25, 0.3) is 0 Å².